The lowest BCUT2D eigenvalue weighted by Gasteiger charge is -2.28. The summed E-state index contributed by atoms with van der Waals surface area (Å²) in [5, 5.41) is 1.16. The molecule has 4 heteroatoms. The van der Waals surface area contributed by atoms with Crippen molar-refractivity contribution in [3.63, 3.8) is 0 Å². The Hall–Kier alpha value is -0.770. The van der Waals surface area contributed by atoms with Gasteiger partial charge in [-0.1, -0.05) is 0 Å². The Labute approximate surface area is 58.9 Å². The number of cyclic esters (lactones) is 1. The summed E-state index contributed by atoms with van der Waals surface area (Å²) in [6, 6.07) is 0. The fourth-order valence-corrected chi connectivity index (χ4v) is 1.25. The van der Waals surface area contributed by atoms with Crippen molar-refractivity contribution in [3.05, 3.63) is 0 Å². The van der Waals surface area contributed by atoms with Crippen LogP contribution < -0.4 is 5.84 Å². The van der Waals surface area contributed by atoms with Gasteiger partial charge in [0.1, 0.15) is 6.61 Å². The van der Waals surface area contributed by atoms with Crippen LogP contribution in [-0.4, -0.2) is 24.3 Å². The number of hydrogen-bond acceptors (Lipinski definition) is 3. The molecule has 1 heterocycles. The molecule has 1 saturated heterocycles. The standard InChI is InChI=1S/C6H10N2O2/c7-8-3-6(1-2-6)4-10-5(8)9/h1-4,7H2. The molecule has 2 aliphatic rings. The van der Waals surface area contributed by atoms with E-state index in [1.165, 1.54) is 0 Å². The fourth-order valence-electron chi connectivity index (χ4n) is 1.25. The molecule has 0 atom stereocenters. The summed E-state index contributed by atoms with van der Waals surface area (Å²) < 4.78 is 4.83. The topological polar surface area (TPSA) is 55.6 Å². The first kappa shape index (κ1) is 5.97. The predicted molar refractivity (Wildman–Crippen MR) is 33.9 cm³/mol. The number of amides is 1. The number of nitrogens with zero attached hydrogens (tertiary/aromatic N) is 1. The van der Waals surface area contributed by atoms with Crippen LogP contribution in [0.3, 0.4) is 0 Å². The van der Waals surface area contributed by atoms with E-state index in [4.69, 9.17) is 10.6 Å². The molecular weight excluding hydrogens is 132 g/mol. The van der Waals surface area contributed by atoms with Gasteiger partial charge in [0.05, 0.1) is 0 Å². The summed E-state index contributed by atoms with van der Waals surface area (Å²) in [5.41, 5.74) is 0.239. The van der Waals surface area contributed by atoms with E-state index < -0.39 is 6.09 Å². The molecule has 1 spiro atoms. The quantitative estimate of drug-likeness (QED) is 0.385. The van der Waals surface area contributed by atoms with Gasteiger partial charge in [-0.15, -0.1) is 0 Å². The molecule has 2 rings (SSSR count). The summed E-state index contributed by atoms with van der Waals surface area (Å²) in [5.74, 6) is 5.35. The van der Waals surface area contributed by atoms with Gasteiger partial charge in [-0.05, 0) is 12.8 Å². The van der Waals surface area contributed by atoms with Crippen molar-refractivity contribution < 1.29 is 9.53 Å². The van der Waals surface area contributed by atoms with E-state index in [-0.39, 0.29) is 5.41 Å². The molecule has 1 amide bonds. The predicted octanol–water partition coefficient (Wildman–Crippen LogP) is 0.0925. The number of nitrogens with two attached hydrogens (primary N) is 1. The Balaban J connectivity index is 2.04. The van der Waals surface area contributed by atoms with E-state index in [0.717, 1.165) is 17.9 Å². The van der Waals surface area contributed by atoms with Crippen LogP contribution in [0.4, 0.5) is 4.79 Å². The van der Waals surface area contributed by atoms with E-state index in [9.17, 15) is 4.79 Å². The third kappa shape index (κ3) is 0.759. The molecule has 0 radical (unpaired) electrons. The van der Waals surface area contributed by atoms with Gasteiger partial charge in [0.2, 0.25) is 0 Å². The number of carbonyl (C=O) groups is 1. The van der Waals surface area contributed by atoms with Gasteiger partial charge in [0.15, 0.2) is 0 Å². The van der Waals surface area contributed by atoms with Gasteiger partial charge in [-0.25, -0.2) is 15.6 Å². The summed E-state index contributed by atoms with van der Waals surface area (Å²) in [4.78, 5) is 10.7. The average Bonchev–Trinajstić information content (AvgIpc) is 2.62. The first-order valence-electron chi connectivity index (χ1n) is 3.41. The van der Waals surface area contributed by atoms with Crippen molar-refractivity contribution in [1.82, 2.24) is 5.01 Å². The first-order chi connectivity index (χ1) is 4.72. The molecule has 0 unspecified atom stereocenters. The molecule has 56 valence electrons. The highest BCUT2D eigenvalue weighted by molar-refractivity contribution is 5.67. The SMILES string of the molecule is NN1CC2(CC2)COC1=O. The van der Waals surface area contributed by atoms with E-state index in [2.05, 4.69) is 0 Å². The van der Waals surface area contributed by atoms with Gasteiger partial charge >= 0.3 is 6.09 Å². The van der Waals surface area contributed by atoms with Gasteiger partial charge < -0.3 is 4.74 Å². The largest absolute Gasteiger partial charge is 0.448 e. The Kier molecular flexibility index (Phi) is 0.976. The molecule has 0 aromatic rings. The maximum atomic E-state index is 10.7. The summed E-state index contributed by atoms with van der Waals surface area (Å²) >= 11 is 0. The van der Waals surface area contributed by atoms with Crippen molar-refractivity contribution >= 4 is 6.09 Å². The van der Waals surface area contributed by atoms with E-state index in [0.29, 0.717) is 13.2 Å². The summed E-state index contributed by atoms with van der Waals surface area (Å²) in [6.45, 7) is 1.24. The van der Waals surface area contributed by atoms with E-state index >= 15 is 0 Å². The average molecular weight is 142 g/mol. The number of hydrazine groups is 1. The zero-order chi connectivity index (χ0) is 7.19. The molecule has 2 N–H and O–H groups in total. The van der Waals surface area contributed by atoms with Crippen molar-refractivity contribution in [2.45, 2.75) is 12.8 Å². The lowest BCUT2D eigenvalue weighted by atomic mass is 10.1. The van der Waals surface area contributed by atoms with Crippen LogP contribution in [0, 0.1) is 5.41 Å². The van der Waals surface area contributed by atoms with Crippen LogP contribution in [0.2, 0.25) is 0 Å². The highest BCUT2D eigenvalue weighted by atomic mass is 16.6. The highest BCUT2D eigenvalue weighted by Crippen LogP contribution is 2.47. The lowest BCUT2D eigenvalue weighted by Crippen LogP contribution is -2.48. The van der Waals surface area contributed by atoms with Crippen LogP contribution in [0.5, 0.6) is 0 Å². The smallest absolute Gasteiger partial charge is 0.424 e. The molecule has 4 nitrogen and oxygen atoms in total. The second-order valence-corrected chi connectivity index (χ2v) is 3.18. The van der Waals surface area contributed by atoms with Gasteiger partial charge in [-0.2, -0.15) is 0 Å². The minimum Gasteiger partial charge on any atom is -0.448 e. The lowest BCUT2D eigenvalue weighted by molar-refractivity contribution is 0.0342. The normalized spacial score (nSPS) is 28.5. The van der Waals surface area contributed by atoms with Gasteiger partial charge in [0.25, 0.3) is 0 Å². The Morgan fingerprint density at radius 3 is 2.80 bits per heavy atom. The maximum absolute atomic E-state index is 10.7. The molecule has 1 aliphatic heterocycles. The van der Waals surface area contributed by atoms with Crippen molar-refractivity contribution in [2.75, 3.05) is 13.2 Å². The molecule has 0 aromatic carbocycles. The van der Waals surface area contributed by atoms with Crippen LogP contribution in [0.15, 0.2) is 0 Å². The zero-order valence-electron chi connectivity index (χ0n) is 5.67. The van der Waals surface area contributed by atoms with E-state index in [1.807, 2.05) is 0 Å². The fraction of sp³-hybridized carbons (Fsp3) is 0.833. The van der Waals surface area contributed by atoms with Crippen LogP contribution in [-0.2, 0) is 4.74 Å². The number of ether oxygens (including phenoxy) is 1. The molecule has 10 heavy (non-hydrogen) atoms. The van der Waals surface area contributed by atoms with Crippen molar-refractivity contribution in [2.24, 2.45) is 11.3 Å². The zero-order valence-corrected chi connectivity index (χ0v) is 5.67. The Morgan fingerprint density at radius 1 is 1.60 bits per heavy atom. The second kappa shape index (κ2) is 1.63. The maximum Gasteiger partial charge on any atom is 0.424 e. The summed E-state index contributed by atoms with van der Waals surface area (Å²) in [6.07, 6.45) is 1.90. The molecule has 1 aliphatic carbocycles. The molecule has 2 fully saturated rings. The van der Waals surface area contributed by atoms with E-state index in [1.54, 1.807) is 0 Å². The monoisotopic (exact) mass is 142 g/mol. The third-order valence-electron chi connectivity index (χ3n) is 2.20. The Bertz CT molecular complexity index is 177. The molecule has 1 saturated carbocycles. The second-order valence-electron chi connectivity index (χ2n) is 3.18. The number of rotatable bonds is 0. The third-order valence-corrected chi connectivity index (χ3v) is 2.20. The summed E-state index contributed by atoms with van der Waals surface area (Å²) in [7, 11) is 0. The van der Waals surface area contributed by atoms with Crippen molar-refractivity contribution in [3.8, 4) is 0 Å². The Morgan fingerprint density at radius 2 is 2.30 bits per heavy atom. The van der Waals surface area contributed by atoms with Gasteiger partial charge in [-0.3, -0.25) is 0 Å². The van der Waals surface area contributed by atoms with Crippen LogP contribution in [0.25, 0.3) is 0 Å². The first-order valence-corrected chi connectivity index (χ1v) is 3.41. The van der Waals surface area contributed by atoms with Crippen molar-refractivity contribution in [1.29, 1.82) is 0 Å². The molecular formula is C6H10N2O2. The number of hydrogen-bond donors (Lipinski definition) is 1. The van der Waals surface area contributed by atoms with Crippen LogP contribution >= 0.6 is 0 Å². The van der Waals surface area contributed by atoms with Crippen LogP contribution in [0.1, 0.15) is 12.8 Å². The minimum absolute atomic E-state index is 0.239. The highest BCUT2D eigenvalue weighted by Gasteiger charge is 2.48. The minimum atomic E-state index is -0.391. The molecule has 0 aromatic heterocycles. The molecule has 0 bridgehead atoms. The van der Waals surface area contributed by atoms with Gasteiger partial charge in [0, 0.05) is 12.0 Å². The number of carbonyl (C=O) groups excluding carboxylic acids is 1.